The Morgan fingerprint density at radius 1 is 1.38 bits per heavy atom. The summed E-state index contributed by atoms with van der Waals surface area (Å²) in [5.41, 5.74) is -0.113. The first-order chi connectivity index (χ1) is 10.2. The van der Waals surface area contributed by atoms with Gasteiger partial charge in [-0.2, -0.15) is 0 Å². The van der Waals surface area contributed by atoms with Crippen molar-refractivity contribution in [1.29, 1.82) is 0 Å². The van der Waals surface area contributed by atoms with Crippen molar-refractivity contribution in [3.05, 3.63) is 16.4 Å². The van der Waals surface area contributed by atoms with Crippen molar-refractivity contribution in [3.63, 3.8) is 0 Å². The molecule has 0 spiro atoms. The van der Waals surface area contributed by atoms with Gasteiger partial charge in [-0.1, -0.05) is 0 Å². The van der Waals surface area contributed by atoms with Crippen LogP contribution in [-0.4, -0.2) is 41.2 Å². The van der Waals surface area contributed by atoms with Gasteiger partial charge in [-0.25, -0.2) is 9.97 Å². The molecule has 0 aromatic carbocycles. The van der Waals surface area contributed by atoms with Crippen molar-refractivity contribution < 1.29 is 9.66 Å². The van der Waals surface area contributed by atoms with Gasteiger partial charge < -0.3 is 15.4 Å². The molecule has 0 radical (unpaired) electrons. The predicted molar refractivity (Wildman–Crippen MR) is 79.5 cm³/mol. The van der Waals surface area contributed by atoms with Crippen LogP contribution in [0.25, 0.3) is 0 Å². The predicted octanol–water partition coefficient (Wildman–Crippen LogP) is 2.05. The van der Waals surface area contributed by atoms with Crippen LogP contribution in [0.4, 0.5) is 17.3 Å². The Bertz CT molecular complexity index is 479. The minimum Gasteiger partial charge on any atom is -0.381 e. The minimum atomic E-state index is -0.468. The summed E-state index contributed by atoms with van der Waals surface area (Å²) in [4.78, 5) is 18.5. The molecule has 116 valence electrons. The second kappa shape index (κ2) is 7.72. The largest absolute Gasteiger partial charge is 0.381 e. The van der Waals surface area contributed by atoms with Crippen molar-refractivity contribution in [1.82, 2.24) is 9.97 Å². The lowest BCUT2D eigenvalue weighted by Gasteiger charge is -2.09. The zero-order valence-corrected chi connectivity index (χ0v) is 12.2. The van der Waals surface area contributed by atoms with Gasteiger partial charge in [0.1, 0.15) is 6.33 Å². The Morgan fingerprint density at radius 3 is 2.71 bits per heavy atom. The summed E-state index contributed by atoms with van der Waals surface area (Å²) < 4.78 is 5.52. The maximum atomic E-state index is 11.2. The molecule has 2 N–H and O–H groups in total. The summed E-state index contributed by atoms with van der Waals surface area (Å²) >= 11 is 0. The zero-order valence-electron chi connectivity index (χ0n) is 12.2. The molecule has 1 saturated carbocycles. The van der Waals surface area contributed by atoms with Crippen LogP contribution >= 0.6 is 0 Å². The van der Waals surface area contributed by atoms with E-state index in [2.05, 4.69) is 20.6 Å². The van der Waals surface area contributed by atoms with E-state index >= 15 is 0 Å². The van der Waals surface area contributed by atoms with E-state index in [0.717, 1.165) is 18.9 Å². The number of hydrogen-bond donors (Lipinski definition) is 2. The Balaban J connectivity index is 1.82. The fraction of sp³-hybridized carbons (Fsp3) is 0.692. The van der Waals surface area contributed by atoms with E-state index in [1.165, 1.54) is 19.2 Å². The molecule has 1 aliphatic rings. The SMILES string of the molecule is CCNc1ncnc(NCCCOCC2CC2)c1[N+](=O)[O-]. The maximum absolute atomic E-state index is 11.2. The van der Waals surface area contributed by atoms with Crippen molar-refractivity contribution >= 4 is 17.3 Å². The number of aromatic nitrogens is 2. The van der Waals surface area contributed by atoms with Gasteiger partial charge >= 0.3 is 5.69 Å². The molecule has 1 fully saturated rings. The van der Waals surface area contributed by atoms with Crippen LogP contribution in [0, 0.1) is 16.0 Å². The lowest BCUT2D eigenvalue weighted by atomic mass is 10.4. The molecule has 1 aromatic heterocycles. The van der Waals surface area contributed by atoms with Crippen LogP contribution < -0.4 is 10.6 Å². The average molecular weight is 295 g/mol. The summed E-state index contributed by atoms with van der Waals surface area (Å²) in [6.07, 6.45) is 4.65. The standard InChI is InChI=1S/C13H21N5O3/c1-2-14-12-11(18(19)20)13(17-9-16-12)15-6-3-7-21-8-10-4-5-10/h9-10H,2-8H2,1H3,(H2,14,15,16,17). The number of nitrogens with one attached hydrogen (secondary N) is 2. The van der Waals surface area contributed by atoms with Crippen LogP contribution in [0.1, 0.15) is 26.2 Å². The Labute approximate surface area is 123 Å². The van der Waals surface area contributed by atoms with Gasteiger partial charge in [-0.15, -0.1) is 0 Å². The van der Waals surface area contributed by atoms with E-state index in [1.54, 1.807) is 0 Å². The summed E-state index contributed by atoms with van der Waals surface area (Å²) in [6.45, 7) is 4.48. The molecule has 2 rings (SSSR count). The van der Waals surface area contributed by atoms with Gasteiger partial charge in [0.25, 0.3) is 0 Å². The molecular formula is C13H21N5O3. The van der Waals surface area contributed by atoms with Crippen molar-refractivity contribution in [3.8, 4) is 0 Å². The summed E-state index contributed by atoms with van der Waals surface area (Å²) in [7, 11) is 0. The molecule has 0 saturated heterocycles. The number of anilines is 2. The number of nitrogens with zero attached hydrogens (tertiary/aromatic N) is 3. The Morgan fingerprint density at radius 2 is 2.10 bits per heavy atom. The molecule has 0 atom stereocenters. The van der Waals surface area contributed by atoms with Crippen LogP contribution in [0.3, 0.4) is 0 Å². The van der Waals surface area contributed by atoms with Crippen LogP contribution in [0.2, 0.25) is 0 Å². The van der Waals surface area contributed by atoms with Crippen molar-refractivity contribution in [2.24, 2.45) is 5.92 Å². The third kappa shape index (κ3) is 4.82. The lowest BCUT2D eigenvalue weighted by molar-refractivity contribution is -0.383. The molecule has 1 aromatic rings. The van der Waals surface area contributed by atoms with Gasteiger partial charge in [0.15, 0.2) is 0 Å². The molecule has 0 aliphatic heterocycles. The fourth-order valence-corrected chi connectivity index (χ4v) is 1.89. The number of rotatable bonds is 10. The van der Waals surface area contributed by atoms with E-state index in [4.69, 9.17) is 4.74 Å². The van der Waals surface area contributed by atoms with Crippen molar-refractivity contribution in [2.45, 2.75) is 26.2 Å². The molecule has 8 nitrogen and oxygen atoms in total. The summed E-state index contributed by atoms with van der Waals surface area (Å²) in [5, 5.41) is 17.0. The first kappa shape index (κ1) is 15.4. The van der Waals surface area contributed by atoms with E-state index < -0.39 is 4.92 Å². The van der Waals surface area contributed by atoms with Gasteiger partial charge in [0.05, 0.1) is 4.92 Å². The van der Waals surface area contributed by atoms with Crippen LogP contribution in [0.5, 0.6) is 0 Å². The Hall–Kier alpha value is -1.96. The van der Waals surface area contributed by atoms with E-state index in [0.29, 0.717) is 19.7 Å². The molecule has 0 unspecified atom stereocenters. The smallest absolute Gasteiger partial charge is 0.353 e. The third-order valence-electron chi connectivity index (χ3n) is 3.16. The summed E-state index contributed by atoms with van der Waals surface area (Å²) in [6, 6.07) is 0. The van der Waals surface area contributed by atoms with Gasteiger partial charge in [0.2, 0.25) is 11.6 Å². The third-order valence-corrected chi connectivity index (χ3v) is 3.16. The number of hydrogen-bond acceptors (Lipinski definition) is 7. The average Bonchev–Trinajstić information content (AvgIpc) is 3.27. The molecular weight excluding hydrogens is 274 g/mol. The maximum Gasteiger partial charge on any atom is 0.353 e. The fourth-order valence-electron chi connectivity index (χ4n) is 1.89. The summed E-state index contributed by atoms with van der Waals surface area (Å²) in [5.74, 6) is 1.24. The molecule has 1 heterocycles. The molecule has 0 bridgehead atoms. The molecule has 21 heavy (non-hydrogen) atoms. The molecule has 8 heteroatoms. The quantitative estimate of drug-likeness (QED) is 0.387. The van der Waals surface area contributed by atoms with Gasteiger partial charge in [-0.3, -0.25) is 10.1 Å². The van der Waals surface area contributed by atoms with E-state index in [1.807, 2.05) is 6.92 Å². The van der Waals surface area contributed by atoms with Crippen LogP contribution in [0.15, 0.2) is 6.33 Å². The van der Waals surface area contributed by atoms with Crippen molar-refractivity contribution in [2.75, 3.05) is 36.9 Å². The highest BCUT2D eigenvalue weighted by molar-refractivity contribution is 5.69. The van der Waals surface area contributed by atoms with Gasteiger partial charge in [0, 0.05) is 26.3 Å². The first-order valence-electron chi connectivity index (χ1n) is 7.27. The first-order valence-corrected chi connectivity index (χ1v) is 7.27. The normalized spacial score (nSPS) is 14.0. The highest BCUT2D eigenvalue weighted by atomic mass is 16.6. The highest BCUT2D eigenvalue weighted by Crippen LogP contribution is 2.29. The number of nitro groups is 1. The Kier molecular flexibility index (Phi) is 5.68. The van der Waals surface area contributed by atoms with Crippen LogP contribution in [-0.2, 0) is 4.74 Å². The molecule has 0 amide bonds. The van der Waals surface area contributed by atoms with Gasteiger partial charge in [-0.05, 0) is 32.1 Å². The topological polar surface area (TPSA) is 102 Å². The second-order valence-electron chi connectivity index (χ2n) is 5.01. The minimum absolute atomic E-state index is 0.113. The van der Waals surface area contributed by atoms with E-state index in [-0.39, 0.29) is 17.3 Å². The second-order valence-corrected chi connectivity index (χ2v) is 5.01. The van der Waals surface area contributed by atoms with E-state index in [9.17, 15) is 10.1 Å². The lowest BCUT2D eigenvalue weighted by Crippen LogP contribution is -2.12. The molecule has 1 aliphatic carbocycles. The zero-order chi connectivity index (χ0) is 15.1. The number of ether oxygens (including phenoxy) is 1. The monoisotopic (exact) mass is 295 g/mol. The highest BCUT2D eigenvalue weighted by Gasteiger charge is 2.22.